The smallest absolute Gasteiger partial charge is 0.221 e. The van der Waals surface area contributed by atoms with E-state index in [1.165, 1.54) is 12.8 Å². The minimum atomic E-state index is -0.134. The number of carbonyl (C=O) groups is 1. The summed E-state index contributed by atoms with van der Waals surface area (Å²) in [4.78, 5) is 13.7. The van der Waals surface area contributed by atoms with Gasteiger partial charge in [0.25, 0.3) is 0 Å². The molecule has 1 saturated carbocycles. The standard InChI is InChI=1S/C12H23N3O/c13-10-4-1-5-11(7-10)15-6-2-3-9(8-15)12(14)16/h9-11H,1-8,13H2,(H2,14,16). The summed E-state index contributed by atoms with van der Waals surface area (Å²) in [6.45, 7) is 1.97. The van der Waals surface area contributed by atoms with Crippen LogP contribution in [0.25, 0.3) is 0 Å². The minimum absolute atomic E-state index is 0.0619. The van der Waals surface area contributed by atoms with Crippen molar-refractivity contribution in [2.24, 2.45) is 17.4 Å². The Balaban J connectivity index is 1.90. The lowest BCUT2D eigenvalue weighted by atomic mass is 9.88. The monoisotopic (exact) mass is 225 g/mol. The van der Waals surface area contributed by atoms with E-state index in [0.717, 1.165) is 38.8 Å². The van der Waals surface area contributed by atoms with Crippen LogP contribution in [0.2, 0.25) is 0 Å². The molecule has 1 heterocycles. The quantitative estimate of drug-likeness (QED) is 0.717. The maximum absolute atomic E-state index is 11.2. The average Bonchev–Trinajstić information content (AvgIpc) is 2.29. The first-order chi connectivity index (χ1) is 7.66. The largest absolute Gasteiger partial charge is 0.369 e. The fraction of sp³-hybridized carbons (Fsp3) is 0.917. The second kappa shape index (κ2) is 5.15. The van der Waals surface area contributed by atoms with Crippen molar-refractivity contribution < 1.29 is 4.79 Å². The summed E-state index contributed by atoms with van der Waals surface area (Å²) >= 11 is 0. The summed E-state index contributed by atoms with van der Waals surface area (Å²) in [6, 6.07) is 0.943. The maximum Gasteiger partial charge on any atom is 0.221 e. The number of likely N-dealkylation sites (tertiary alicyclic amines) is 1. The van der Waals surface area contributed by atoms with E-state index in [1.54, 1.807) is 0 Å². The maximum atomic E-state index is 11.2. The van der Waals surface area contributed by atoms with Crippen molar-refractivity contribution in [3.63, 3.8) is 0 Å². The molecule has 16 heavy (non-hydrogen) atoms. The lowest BCUT2D eigenvalue weighted by Gasteiger charge is -2.40. The molecular formula is C12H23N3O. The predicted octanol–water partition coefficient (Wildman–Crippen LogP) is 0.454. The molecule has 0 aromatic heterocycles. The number of carbonyl (C=O) groups excluding carboxylic acids is 1. The van der Waals surface area contributed by atoms with E-state index in [1.807, 2.05) is 0 Å². The van der Waals surface area contributed by atoms with Gasteiger partial charge in [-0.05, 0) is 38.6 Å². The Labute approximate surface area is 97.3 Å². The van der Waals surface area contributed by atoms with Gasteiger partial charge in [-0.15, -0.1) is 0 Å². The van der Waals surface area contributed by atoms with Crippen LogP contribution in [0.5, 0.6) is 0 Å². The fourth-order valence-corrected chi connectivity index (χ4v) is 3.10. The van der Waals surface area contributed by atoms with Crippen molar-refractivity contribution in [3.05, 3.63) is 0 Å². The average molecular weight is 225 g/mol. The normalized spacial score (nSPS) is 37.2. The SMILES string of the molecule is NC(=O)C1CCCN(C2CCCC(N)C2)C1. The molecule has 1 saturated heterocycles. The van der Waals surface area contributed by atoms with E-state index in [4.69, 9.17) is 11.5 Å². The van der Waals surface area contributed by atoms with Gasteiger partial charge in [0.2, 0.25) is 5.91 Å². The molecular weight excluding hydrogens is 202 g/mol. The Morgan fingerprint density at radius 3 is 2.69 bits per heavy atom. The second-order valence-corrected chi connectivity index (χ2v) is 5.32. The first kappa shape index (κ1) is 11.9. The first-order valence-corrected chi connectivity index (χ1v) is 6.45. The van der Waals surface area contributed by atoms with Gasteiger partial charge in [0.15, 0.2) is 0 Å². The molecule has 1 amide bonds. The molecule has 3 atom stereocenters. The number of amides is 1. The third-order valence-electron chi connectivity index (χ3n) is 4.06. The van der Waals surface area contributed by atoms with Gasteiger partial charge in [-0.3, -0.25) is 9.69 Å². The van der Waals surface area contributed by atoms with Crippen LogP contribution < -0.4 is 11.5 Å². The van der Waals surface area contributed by atoms with E-state index >= 15 is 0 Å². The summed E-state index contributed by atoms with van der Waals surface area (Å²) in [5, 5.41) is 0. The fourth-order valence-electron chi connectivity index (χ4n) is 3.10. The van der Waals surface area contributed by atoms with Crippen LogP contribution in [0.1, 0.15) is 38.5 Å². The van der Waals surface area contributed by atoms with E-state index < -0.39 is 0 Å². The molecule has 3 unspecified atom stereocenters. The highest BCUT2D eigenvalue weighted by Crippen LogP contribution is 2.26. The number of nitrogens with zero attached hydrogens (tertiary/aromatic N) is 1. The molecule has 0 radical (unpaired) electrons. The van der Waals surface area contributed by atoms with Crippen molar-refractivity contribution in [2.45, 2.75) is 50.6 Å². The van der Waals surface area contributed by atoms with Crippen LogP contribution in [0.15, 0.2) is 0 Å². The molecule has 1 aliphatic carbocycles. The van der Waals surface area contributed by atoms with Crippen LogP contribution in [-0.4, -0.2) is 36.0 Å². The van der Waals surface area contributed by atoms with Crippen molar-refractivity contribution in [1.29, 1.82) is 0 Å². The Hall–Kier alpha value is -0.610. The summed E-state index contributed by atoms with van der Waals surface area (Å²) in [6.07, 6.45) is 6.77. The molecule has 0 spiro atoms. The predicted molar refractivity (Wildman–Crippen MR) is 63.7 cm³/mol. The van der Waals surface area contributed by atoms with Crippen LogP contribution in [-0.2, 0) is 4.79 Å². The molecule has 2 aliphatic rings. The van der Waals surface area contributed by atoms with Crippen LogP contribution in [0.4, 0.5) is 0 Å². The number of piperidine rings is 1. The van der Waals surface area contributed by atoms with Gasteiger partial charge >= 0.3 is 0 Å². The van der Waals surface area contributed by atoms with E-state index in [-0.39, 0.29) is 11.8 Å². The molecule has 2 fully saturated rings. The zero-order valence-corrected chi connectivity index (χ0v) is 9.90. The Morgan fingerprint density at radius 2 is 2.00 bits per heavy atom. The number of rotatable bonds is 2. The topological polar surface area (TPSA) is 72.4 Å². The molecule has 0 aromatic carbocycles. The summed E-state index contributed by atoms with van der Waals surface area (Å²) in [5.74, 6) is -0.0725. The van der Waals surface area contributed by atoms with Crippen LogP contribution in [0.3, 0.4) is 0 Å². The van der Waals surface area contributed by atoms with E-state index in [9.17, 15) is 4.79 Å². The molecule has 4 nitrogen and oxygen atoms in total. The minimum Gasteiger partial charge on any atom is -0.369 e. The van der Waals surface area contributed by atoms with Crippen molar-refractivity contribution in [2.75, 3.05) is 13.1 Å². The summed E-state index contributed by atoms with van der Waals surface area (Å²) < 4.78 is 0. The van der Waals surface area contributed by atoms with Gasteiger partial charge in [0, 0.05) is 18.6 Å². The molecule has 1 aliphatic heterocycles. The highest BCUT2D eigenvalue weighted by molar-refractivity contribution is 5.76. The second-order valence-electron chi connectivity index (χ2n) is 5.32. The summed E-state index contributed by atoms with van der Waals surface area (Å²) in [7, 11) is 0. The van der Waals surface area contributed by atoms with Crippen molar-refractivity contribution in [3.8, 4) is 0 Å². The molecule has 0 aromatic rings. The summed E-state index contributed by atoms with van der Waals surface area (Å²) in [5.41, 5.74) is 11.4. The zero-order chi connectivity index (χ0) is 11.5. The van der Waals surface area contributed by atoms with Crippen molar-refractivity contribution in [1.82, 2.24) is 4.90 Å². The lowest BCUT2D eigenvalue weighted by Crippen LogP contribution is -2.49. The van der Waals surface area contributed by atoms with Gasteiger partial charge in [-0.1, -0.05) is 6.42 Å². The Morgan fingerprint density at radius 1 is 1.19 bits per heavy atom. The first-order valence-electron chi connectivity index (χ1n) is 6.45. The Bertz CT molecular complexity index is 257. The van der Waals surface area contributed by atoms with E-state index in [0.29, 0.717) is 12.1 Å². The Kier molecular flexibility index (Phi) is 3.82. The van der Waals surface area contributed by atoms with Crippen molar-refractivity contribution >= 4 is 5.91 Å². The molecule has 4 heteroatoms. The van der Waals surface area contributed by atoms with Gasteiger partial charge in [0.1, 0.15) is 0 Å². The third-order valence-corrected chi connectivity index (χ3v) is 4.06. The lowest BCUT2D eigenvalue weighted by molar-refractivity contribution is -0.123. The highest BCUT2D eigenvalue weighted by atomic mass is 16.1. The van der Waals surface area contributed by atoms with Gasteiger partial charge in [-0.25, -0.2) is 0 Å². The van der Waals surface area contributed by atoms with Gasteiger partial charge in [-0.2, -0.15) is 0 Å². The van der Waals surface area contributed by atoms with Gasteiger partial charge < -0.3 is 11.5 Å². The van der Waals surface area contributed by atoms with E-state index in [2.05, 4.69) is 4.90 Å². The highest BCUT2D eigenvalue weighted by Gasteiger charge is 2.30. The molecule has 0 bridgehead atoms. The van der Waals surface area contributed by atoms with Gasteiger partial charge in [0.05, 0.1) is 5.92 Å². The number of primary amides is 1. The third kappa shape index (κ3) is 2.74. The number of nitrogens with two attached hydrogens (primary N) is 2. The van der Waals surface area contributed by atoms with Crippen LogP contribution >= 0.6 is 0 Å². The number of hydrogen-bond acceptors (Lipinski definition) is 3. The zero-order valence-electron chi connectivity index (χ0n) is 9.90. The van der Waals surface area contributed by atoms with Crippen LogP contribution in [0, 0.1) is 5.92 Å². The molecule has 92 valence electrons. The molecule has 4 N–H and O–H groups in total. The number of hydrogen-bond donors (Lipinski definition) is 2. The molecule has 2 rings (SSSR count).